The number of para-hydroxylation sites is 1. The van der Waals surface area contributed by atoms with E-state index in [1.807, 2.05) is 13.8 Å². The summed E-state index contributed by atoms with van der Waals surface area (Å²) in [5.41, 5.74) is -0.272. The third-order valence-electron chi connectivity index (χ3n) is 2.94. The molecule has 0 radical (unpaired) electrons. The Morgan fingerprint density at radius 3 is 2.75 bits per heavy atom. The smallest absolute Gasteiger partial charge is 0.339 e. The van der Waals surface area contributed by atoms with Gasteiger partial charge in [0.15, 0.2) is 5.75 Å². The van der Waals surface area contributed by atoms with Crippen LogP contribution in [0.15, 0.2) is 18.2 Å². The van der Waals surface area contributed by atoms with Gasteiger partial charge in [0.2, 0.25) is 0 Å². The Hall–Kier alpha value is -1.73. The van der Waals surface area contributed by atoms with Gasteiger partial charge in [-0.25, -0.2) is 4.79 Å². The van der Waals surface area contributed by atoms with E-state index in [0.717, 1.165) is 19.3 Å². The lowest BCUT2D eigenvalue weighted by Crippen LogP contribution is -2.09. The van der Waals surface area contributed by atoms with E-state index < -0.39 is 5.97 Å². The number of carboxylic acid groups (broad SMARTS) is 1. The summed E-state index contributed by atoms with van der Waals surface area (Å²) >= 11 is 5.95. The second-order valence-electron chi connectivity index (χ2n) is 5.22. The number of aromatic carboxylic acids is 1. The average molecular weight is 296 g/mol. The van der Waals surface area contributed by atoms with Gasteiger partial charge in [0.25, 0.3) is 0 Å². The number of nitrogens with zero attached hydrogens (tertiary/aromatic N) is 1. The van der Waals surface area contributed by atoms with Gasteiger partial charge in [0.1, 0.15) is 5.56 Å². The standard InChI is InChI=1S/C15H18ClNO3/c1-15(2,10-17)8-3-4-9-20-13-11(14(18)19)6-5-7-12(13)16/h5-7H,3-4,8-9H2,1-2H3,(H,18,19). The highest BCUT2D eigenvalue weighted by Crippen LogP contribution is 2.29. The summed E-state index contributed by atoms with van der Waals surface area (Å²) in [5, 5.41) is 18.2. The molecule has 0 aliphatic rings. The Labute approximate surface area is 123 Å². The van der Waals surface area contributed by atoms with E-state index in [2.05, 4.69) is 6.07 Å². The normalized spacial score (nSPS) is 10.9. The number of hydrogen-bond acceptors (Lipinski definition) is 3. The highest BCUT2D eigenvalue weighted by atomic mass is 35.5. The molecule has 0 spiro atoms. The molecule has 1 aromatic rings. The molecule has 1 N–H and O–H groups in total. The molecule has 108 valence electrons. The first-order valence-electron chi connectivity index (χ1n) is 6.43. The fourth-order valence-electron chi connectivity index (χ4n) is 1.72. The molecule has 0 aromatic heterocycles. The molecule has 20 heavy (non-hydrogen) atoms. The highest BCUT2D eigenvalue weighted by molar-refractivity contribution is 6.32. The van der Waals surface area contributed by atoms with Crippen molar-refractivity contribution in [3.05, 3.63) is 28.8 Å². The van der Waals surface area contributed by atoms with Crippen LogP contribution in [0.25, 0.3) is 0 Å². The lowest BCUT2D eigenvalue weighted by molar-refractivity contribution is 0.0692. The van der Waals surface area contributed by atoms with Crippen molar-refractivity contribution in [3.8, 4) is 11.8 Å². The predicted octanol–water partition coefficient (Wildman–Crippen LogP) is 4.14. The molecule has 4 nitrogen and oxygen atoms in total. The maximum absolute atomic E-state index is 11.1. The summed E-state index contributed by atoms with van der Waals surface area (Å²) < 4.78 is 5.48. The molecule has 0 heterocycles. The number of hydrogen-bond donors (Lipinski definition) is 1. The molecule has 0 fully saturated rings. The number of carboxylic acids is 1. The number of rotatable bonds is 7. The van der Waals surface area contributed by atoms with E-state index in [0.29, 0.717) is 11.6 Å². The van der Waals surface area contributed by atoms with Crippen molar-refractivity contribution >= 4 is 17.6 Å². The van der Waals surface area contributed by atoms with Gasteiger partial charge < -0.3 is 9.84 Å². The van der Waals surface area contributed by atoms with Crippen molar-refractivity contribution in [2.24, 2.45) is 5.41 Å². The lowest BCUT2D eigenvalue weighted by Gasteiger charge is -2.15. The molecule has 0 aliphatic heterocycles. The molecule has 0 saturated heterocycles. The molecule has 0 amide bonds. The second kappa shape index (κ2) is 7.16. The van der Waals surface area contributed by atoms with Crippen LogP contribution in [0, 0.1) is 16.7 Å². The Balaban J connectivity index is 2.51. The maximum Gasteiger partial charge on any atom is 0.339 e. The van der Waals surface area contributed by atoms with Crippen LogP contribution in [0.1, 0.15) is 43.5 Å². The minimum absolute atomic E-state index is 0.0647. The van der Waals surface area contributed by atoms with Crippen molar-refractivity contribution in [3.63, 3.8) is 0 Å². The largest absolute Gasteiger partial charge is 0.491 e. The summed E-state index contributed by atoms with van der Waals surface area (Å²) in [6, 6.07) is 6.88. The molecule has 0 saturated carbocycles. The number of ether oxygens (including phenoxy) is 1. The van der Waals surface area contributed by atoms with Crippen LogP contribution in [-0.2, 0) is 0 Å². The fourth-order valence-corrected chi connectivity index (χ4v) is 1.95. The summed E-state index contributed by atoms with van der Waals surface area (Å²) in [7, 11) is 0. The zero-order valence-electron chi connectivity index (χ0n) is 11.6. The van der Waals surface area contributed by atoms with Crippen molar-refractivity contribution in [2.45, 2.75) is 33.1 Å². The molecule has 0 unspecified atom stereocenters. The minimum Gasteiger partial charge on any atom is -0.491 e. The SMILES string of the molecule is CC(C)(C#N)CCCCOc1c(Cl)cccc1C(=O)O. The van der Waals surface area contributed by atoms with Gasteiger partial charge in [0, 0.05) is 0 Å². The van der Waals surface area contributed by atoms with Crippen molar-refractivity contribution in [1.29, 1.82) is 5.26 Å². The molecule has 5 heteroatoms. The molecular weight excluding hydrogens is 278 g/mol. The average Bonchev–Trinajstić information content (AvgIpc) is 2.39. The van der Waals surface area contributed by atoms with E-state index in [9.17, 15) is 4.79 Å². The van der Waals surface area contributed by atoms with Gasteiger partial charge >= 0.3 is 5.97 Å². The van der Waals surface area contributed by atoms with Gasteiger partial charge in [-0.3, -0.25) is 0 Å². The zero-order valence-corrected chi connectivity index (χ0v) is 12.4. The molecule has 1 aromatic carbocycles. The highest BCUT2D eigenvalue weighted by Gasteiger charge is 2.16. The molecule has 0 atom stereocenters. The Bertz CT molecular complexity index is 520. The number of halogens is 1. The molecule has 1 rings (SSSR count). The van der Waals surface area contributed by atoms with E-state index >= 15 is 0 Å². The van der Waals surface area contributed by atoms with Crippen LogP contribution < -0.4 is 4.74 Å². The summed E-state index contributed by atoms with van der Waals surface area (Å²) in [4.78, 5) is 11.1. The molecular formula is C15H18ClNO3. The first-order valence-corrected chi connectivity index (χ1v) is 6.81. The van der Waals surface area contributed by atoms with E-state index in [-0.39, 0.29) is 16.7 Å². The van der Waals surface area contributed by atoms with Gasteiger partial charge in [-0.1, -0.05) is 17.7 Å². The summed E-state index contributed by atoms with van der Waals surface area (Å²) in [5.74, 6) is -0.852. The second-order valence-corrected chi connectivity index (χ2v) is 5.63. The topological polar surface area (TPSA) is 70.3 Å². The third kappa shape index (κ3) is 4.75. The van der Waals surface area contributed by atoms with Crippen LogP contribution in [-0.4, -0.2) is 17.7 Å². The molecule has 0 aliphatic carbocycles. The first-order chi connectivity index (χ1) is 9.37. The van der Waals surface area contributed by atoms with Crippen molar-refractivity contribution in [1.82, 2.24) is 0 Å². The lowest BCUT2D eigenvalue weighted by atomic mass is 9.89. The Morgan fingerprint density at radius 1 is 1.45 bits per heavy atom. The van der Waals surface area contributed by atoms with E-state index in [1.54, 1.807) is 12.1 Å². The van der Waals surface area contributed by atoms with Gasteiger partial charge in [0.05, 0.1) is 23.1 Å². The maximum atomic E-state index is 11.1. The number of carbonyl (C=O) groups is 1. The van der Waals surface area contributed by atoms with Crippen LogP contribution >= 0.6 is 11.6 Å². The quantitative estimate of drug-likeness (QED) is 0.768. The minimum atomic E-state index is -1.06. The van der Waals surface area contributed by atoms with E-state index in [1.165, 1.54) is 6.07 Å². The fraction of sp³-hybridized carbons (Fsp3) is 0.467. The Morgan fingerprint density at radius 2 is 2.15 bits per heavy atom. The summed E-state index contributed by atoms with van der Waals surface area (Å²) in [6.45, 7) is 4.17. The van der Waals surface area contributed by atoms with Crippen molar-refractivity contribution < 1.29 is 14.6 Å². The van der Waals surface area contributed by atoms with Crippen molar-refractivity contribution in [2.75, 3.05) is 6.61 Å². The molecule has 0 bridgehead atoms. The Kier molecular flexibility index (Phi) is 5.84. The van der Waals surface area contributed by atoms with E-state index in [4.69, 9.17) is 26.7 Å². The number of benzene rings is 1. The van der Waals surface area contributed by atoms with Crippen LogP contribution in [0.5, 0.6) is 5.75 Å². The van der Waals surface area contributed by atoms with Crippen LogP contribution in [0.2, 0.25) is 5.02 Å². The number of nitriles is 1. The van der Waals surface area contributed by atoms with Crippen LogP contribution in [0.4, 0.5) is 0 Å². The number of unbranched alkanes of at least 4 members (excludes halogenated alkanes) is 1. The third-order valence-corrected chi connectivity index (χ3v) is 3.24. The van der Waals surface area contributed by atoms with Gasteiger partial charge in [-0.15, -0.1) is 0 Å². The van der Waals surface area contributed by atoms with Gasteiger partial charge in [-0.05, 0) is 45.2 Å². The predicted molar refractivity (Wildman–Crippen MR) is 77.2 cm³/mol. The monoisotopic (exact) mass is 295 g/mol. The first kappa shape index (κ1) is 16.3. The van der Waals surface area contributed by atoms with Gasteiger partial charge in [-0.2, -0.15) is 5.26 Å². The van der Waals surface area contributed by atoms with Crippen LogP contribution in [0.3, 0.4) is 0 Å². The zero-order chi connectivity index (χ0) is 15.2. The summed E-state index contributed by atoms with van der Waals surface area (Å²) in [6.07, 6.45) is 2.37.